The highest BCUT2D eigenvalue weighted by atomic mass is 16.5. The number of ether oxygens (including phenoxy) is 1. The van der Waals surface area contributed by atoms with Crippen LogP contribution < -0.4 is 5.32 Å². The normalized spacial score (nSPS) is 13.1. The van der Waals surface area contributed by atoms with Crippen LogP contribution in [0.25, 0.3) is 0 Å². The van der Waals surface area contributed by atoms with Crippen LogP contribution in [0.15, 0.2) is 0 Å². The topological polar surface area (TPSA) is 61.8 Å². The molecule has 0 saturated heterocycles. The Morgan fingerprint density at radius 1 is 1.47 bits per heavy atom. The first-order valence-corrected chi connectivity index (χ1v) is 5.20. The lowest BCUT2D eigenvalue weighted by Gasteiger charge is -2.11. The first kappa shape index (κ1) is 14.3. The molecule has 1 atom stereocenters. The molecule has 0 heterocycles. The molecule has 0 fully saturated rings. The fourth-order valence-electron chi connectivity index (χ4n) is 0.899. The van der Waals surface area contributed by atoms with Crippen LogP contribution in [0.1, 0.15) is 6.92 Å². The van der Waals surface area contributed by atoms with Gasteiger partial charge in [0.2, 0.25) is 0 Å². The van der Waals surface area contributed by atoms with Crippen LogP contribution in [0.4, 0.5) is 0 Å². The van der Waals surface area contributed by atoms with E-state index >= 15 is 0 Å². The number of carboxylic acids is 1. The van der Waals surface area contributed by atoms with Crippen LogP contribution in [0.5, 0.6) is 0 Å². The summed E-state index contributed by atoms with van der Waals surface area (Å²) in [5.41, 5.74) is 0. The third kappa shape index (κ3) is 9.65. The summed E-state index contributed by atoms with van der Waals surface area (Å²) in [6.45, 7) is 5.12. The zero-order valence-electron chi connectivity index (χ0n) is 9.82. The first-order valence-electron chi connectivity index (χ1n) is 5.20. The summed E-state index contributed by atoms with van der Waals surface area (Å²) >= 11 is 0. The van der Waals surface area contributed by atoms with Gasteiger partial charge in [-0.05, 0) is 14.1 Å². The molecule has 90 valence electrons. The average molecular weight is 218 g/mol. The van der Waals surface area contributed by atoms with E-state index in [1.807, 2.05) is 14.1 Å². The number of nitrogens with one attached hydrogen (secondary N) is 1. The van der Waals surface area contributed by atoms with Gasteiger partial charge in [-0.25, -0.2) is 0 Å². The molecule has 0 aromatic heterocycles. The summed E-state index contributed by atoms with van der Waals surface area (Å²) in [7, 11) is 3.99. The second-order valence-corrected chi connectivity index (χ2v) is 3.86. The van der Waals surface area contributed by atoms with E-state index in [1.165, 1.54) is 0 Å². The summed E-state index contributed by atoms with van der Waals surface area (Å²) in [5, 5.41) is 11.6. The summed E-state index contributed by atoms with van der Waals surface area (Å²) < 4.78 is 5.34. The molecule has 5 nitrogen and oxygen atoms in total. The van der Waals surface area contributed by atoms with Crippen molar-refractivity contribution in [2.24, 2.45) is 5.92 Å². The van der Waals surface area contributed by atoms with Crippen molar-refractivity contribution in [1.29, 1.82) is 0 Å². The molecule has 5 heteroatoms. The maximum atomic E-state index is 10.5. The van der Waals surface area contributed by atoms with E-state index < -0.39 is 5.97 Å². The highest BCUT2D eigenvalue weighted by molar-refractivity contribution is 5.69. The van der Waals surface area contributed by atoms with Gasteiger partial charge in [0, 0.05) is 19.6 Å². The number of hydrogen-bond donors (Lipinski definition) is 2. The molecule has 0 amide bonds. The zero-order valence-corrected chi connectivity index (χ0v) is 9.82. The van der Waals surface area contributed by atoms with E-state index in [4.69, 9.17) is 9.84 Å². The standard InChI is InChI=1S/C10H22N2O3/c1-9(10(13)14)8-11-4-6-15-7-5-12(2)3/h9,11H,4-8H2,1-3H3,(H,13,14). The van der Waals surface area contributed by atoms with Gasteiger partial charge in [0.25, 0.3) is 0 Å². The van der Waals surface area contributed by atoms with Crippen molar-refractivity contribution in [1.82, 2.24) is 10.2 Å². The average Bonchev–Trinajstić information content (AvgIpc) is 2.15. The maximum Gasteiger partial charge on any atom is 0.307 e. The summed E-state index contributed by atoms with van der Waals surface area (Å²) in [4.78, 5) is 12.5. The molecule has 0 aliphatic heterocycles. The summed E-state index contributed by atoms with van der Waals surface area (Å²) in [5.74, 6) is -1.11. The number of nitrogens with zero attached hydrogens (tertiary/aromatic N) is 1. The molecule has 0 radical (unpaired) electrons. The van der Waals surface area contributed by atoms with Gasteiger partial charge < -0.3 is 20.1 Å². The summed E-state index contributed by atoms with van der Waals surface area (Å²) in [6, 6.07) is 0. The lowest BCUT2D eigenvalue weighted by atomic mass is 10.2. The quantitative estimate of drug-likeness (QED) is 0.528. The van der Waals surface area contributed by atoms with E-state index in [0.29, 0.717) is 26.3 Å². The van der Waals surface area contributed by atoms with Gasteiger partial charge in [0.05, 0.1) is 19.1 Å². The third-order valence-corrected chi connectivity index (χ3v) is 1.98. The third-order valence-electron chi connectivity index (χ3n) is 1.98. The van der Waals surface area contributed by atoms with Crippen LogP contribution in [0.2, 0.25) is 0 Å². The van der Waals surface area contributed by atoms with Gasteiger partial charge in [-0.2, -0.15) is 0 Å². The van der Waals surface area contributed by atoms with E-state index in [9.17, 15) is 4.79 Å². The number of rotatable bonds is 9. The highest BCUT2D eigenvalue weighted by Crippen LogP contribution is 1.90. The van der Waals surface area contributed by atoms with Crippen molar-refractivity contribution in [3.05, 3.63) is 0 Å². The minimum atomic E-state index is -0.768. The van der Waals surface area contributed by atoms with E-state index in [2.05, 4.69) is 10.2 Å². The minimum Gasteiger partial charge on any atom is -0.481 e. The van der Waals surface area contributed by atoms with Crippen LogP contribution >= 0.6 is 0 Å². The van der Waals surface area contributed by atoms with Gasteiger partial charge in [-0.15, -0.1) is 0 Å². The molecule has 0 aliphatic carbocycles. The Morgan fingerprint density at radius 3 is 2.67 bits per heavy atom. The van der Waals surface area contributed by atoms with Gasteiger partial charge in [-0.1, -0.05) is 6.92 Å². The van der Waals surface area contributed by atoms with Gasteiger partial charge >= 0.3 is 5.97 Å². The fraction of sp³-hybridized carbons (Fsp3) is 0.900. The van der Waals surface area contributed by atoms with Crippen molar-refractivity contribution in [3.63, 3.8) is 0 Å². The molecule has 0 saturated carbocycles. The molecule has 15 heavy (non-hydrogen) atoms. The fourth-order valence-corrected chi connectivity index (χ4v) is 0.899. The molecule has 0 aromatic rings. The Bertz CT molecular complexity index is 174. The molecule has 1 unspecified atom stereocenters. The van der Waals surface area contributed by atoms with E-state index in [1.54, 1.807) is 6.92 Å². The predicted octanol–water partition coefficient (Wildman–Crippen LogP) is -0.125. The van der Waals surface area contributed by atoms with Crippen molar-refractivity contribution in [2.75, 3.05) is 46.9 Å². The Morgan fingerprint density at radius 2 is 2.13 bits per heavy atom. The van der Waals surface area contributed by atoms with Gasteiger partial charge in [-0.3, -0.25) is 4.79 Å². The second-order valence-electron chi connectivity index (χ2n) is 3.86. The molecule has 0 rings (SSSR count). The van der Waals surface area contributed by atoms with Crippen LogP contribution in [0, 0.1) is 5.92 Å². The van der Waals surface area contributed by atoms with E-state index in [0.717, 1.165) is 6.54 Å². The molecule has 0 aromatic carbocycles. The number of aliphatic carboxylic acids is 1. The van der Waals surface area contributed by atoms with E-state index in [-0.39, 0.29) is 5.92 Å². The summed E-state index contributed by atoms with van der Waals surface area (Å²) in [6.07, 6.45) is 0. The second kappa shape index (κ2) is 8.64. The molecular formula is C10H22N2O3. The van der Waals surface area contributed by atoms with Gasteiger partial charge in [0.1, 0.15) is 0 Å². The molecule has 0 aliphatic rings. The SMILES string of the molecule is CC(CNCCOCCN(C)C)C(=O)O. The molecule has 2 N–H and O–H groups in total. The van der Waals surface area contributed by atoms with Crippen LogP contribution in [0.3, 0.4) is 0 Å². The van der Waals surface area contributed by atoms with Crippen molar-refractivity contribution < 1.29 is 14.6 Å². The number of hydrogen-bond acceptors (Lipinski definition) is 4. The lowest BCUT2D eigenvalue weighted by molar-refractivity contribution is -0.140. The molecular weight excluding hydrogens is 196 g/mol. The van der Waals surface area contributed by atoms with Crippen LogP contribution in [-0.2, 0) is 9.53 Å². The molecule has 0 bridgehead atoms. The zero-order chi connectivity index (χ0) is 11.7. The Hall–Kier alpha value is -0.650. The van der Waals surface area contributed by atoms with Gasteiger partial charge in [0.15, 0.2) is 0 Å². The van der Waals surface area contributed by atoms with Crippen molar-refractivity contribution in [3.8, 4) is 0 Å². The lowest BCUT2D eigenvalue weighted by Crippen LogP contribution is -2.29. The van der Waals surface area contributed by atoms with Crippen molar-refractivity contribution in [2.45, 2.75) is 6.92 Å². The van der Waals surface area contributed by atoms with Crippen LogP contribution in [-0.4, -0.2) is 62.9 Å². The number of likely N-dealkylation sites (N-methyl/N-ethyl adjacent to an activating group) is 1. The monoisotopic (exact) mass is 218 g/mol. The number of carboxylic acid groups (broad SMARTS) is 1. The number of carbonyl (C=O) groups is 1. The highest BCUT2D eigenvalue weighted by Gasteiger charge is 2.08. The minimum absolute atomic E-state index is 0.341. The predicted molar refractivity (Wildman–Crippen MR) is 59.0 cm³/mol. The largest absolute Gasteiger partial charge is 0.481 e. The Kier molecular flexibility index (Phi) is 8.27. The molecule has 0 spiro atoms. The Labute approximate surface area is 91.4 Å². The van der Waals surface area contributed by atoms with Crippen molar-refractivity contribution >= 4 is 5.97 Å². The first-order chi connectivity index (χ1) is 7.04. The smallest absolute Gasteiger partial charge is 0.307 e. The maximum absolute atomic E-state index is 10.5. The Balaban J connectivity index is 3.15.